The molecule has 0 saturated carbocycles. The van der Waals surface area contributed by atoms with Crippen molar-refractivity contribution in [3.8, 4) is 0 Å². The van der Waals surface area contributed by atoms with Crippen molar-refractivity contribution in [2.45, 2.75) is 38.6 Å². The first-order chi connectivity index (χ1) is 7.36. The summed E-state index contributed by atoms with van der Waals surface area (Å²) in [7, 11) is 0. The molecular weight excluding hydrogens is 184 g/mol. The minimum atomic E-state index is 0.416. The number of nitrogens with one attached hydrogen (secondary N) is 1. The lowest BCUT2D eigenvalue weighted by atomic mass is 10.1. The zero-order chi connectivity index (χ0) is 10.9. The maximum atomic E-state index is 5.74. The summed E-state index contributed by atoms with van der Waals surface area (Å²) in [5.41, 5.74) is 6.91. The molecule has 2 heteroatoms. The molecule has 0 spiro atoms. The van der Waals surface area contributed by atoms with Crippen LogP contribution in [0, 0.1) is 0 Å². The lowest BCUT2D eigenvalue weighted by molar-refractivity contribution is 0.591. The van der Waals surface area contributed by atoms with E-state index in [0.717, 1.165) is 0 Å². The van der Waals surface area contributed by atoms with Gasteiger partial charge in [-0.1, -0.05) is 44.4 Å². The van der Waals surface area contributed by atoms with E-state index in [1.54, 1.807) is 0 Å². The number of para-hydroxylation sites is 1. The molecule has 1 rings (SSSR count). The van der Waals surface area contributed by atoms with E-state index in [-0.39, 0.29) is 0 Å². The van der Waals surface area contributed by atoms with Crippen LogP contribution in [-0.2, 0) is 0 Å². The molecule has 1 aromatic rings. The smallest absolute Gasteiger partial charge is 0.0383 e. The highest BCUT2D eigenvalue weighted by atomic mass is 14.9. The fraction of sp³-hybridized carbons (Fsp3) is 0.538. The van der Waals surface area contributed by atoms with E-state index in [1.165, 1.54) is 31.4 Å². The molecule has 0 aliphatic heterocycles. The first kappa shape index (κ1) is 12.1. The molecule has 0 fully saturated rings. The van der Waals surface area contributed by atoms with E-state index in [1.807, 2.05) is 18.2 Å². The fourth-order valence-corrected chi connectivity index (χ4v) is 1.66. The molecule has 0 radical (unpaired) electrons. The number of hydrogen-bond donors (Lipinski definition) is 2. The Balaban J connectivity index is 2.33. The Bertz CT molecular complexity index is 246. The van der Waals surface area contributed by atoms with Crippen LogP contribution >= 0.6 is 0 Å². The molecular formula is C13H22N2. The van der Waals surface area contributed by atoms with Crippen LogP contribution in [0.2, 0.25) is 0 Å². The first-order valence-electron chi connectivity index (χ1n) is 5.88. The van der Waals surface area contributed by atoms with Gasteiger partial charge in [-0.25, -0.2) is 0 Å². The van der Waals surface area contributed by atoms with Crippen molar-refractivity contribution in [3.63, 3.8) is 0 Å². The van der Waals surface area contributed by atoms with Crippen LogP contribution in [0.5, 0.6) is 0 Å². The highest BCUT2D eigenvalue weighted by molar-refractivity contribution is 5.43. The lowest BCUT2D eigenvalue weighted by Gasteiger charge is -2.17. The van der Waals surface area contributed by atoms with Gasteiger partial charge in [0.1, 0.15) is 0 Å². The second kappa shape index (κ2) is 7.30. The molecule has 0 aromatic heterocycles. The molecule has 0 aliphatic rings. The van der Waals surface area contributed by atoms with Crippen molar-refractivity contribution < 1.29 is 0 Å². The van der Waals surface area contributed by atoms with Crippen LogP contribution < -0.4 is 11.1 Å². The monoisotopic (exact) mass is 206 g/mol. The predicted molar refractivity (Wildman–Crippen MR) is 67.0 cm³/mol. The third kappa shape index (κ3) is 4.84. The predicted octanol–water partition coefficient (Wildman–Crippen LogP) is 3.01. The van der Waals surface area contributed by atoms with Gasteiger partial charge in [0.05, 0.1) is 0 Å². The van der Waals surface area contributed by atoms with Gasteiger partial charge in [-0.2, -0.15) is 0 Å². The average Bonchev–Trinajstić information content (AvgIpc) is 2.29. The molecule has 2 nitrogen and oxygen atoms in total. The largest absolute Gasteiger partial charge is 0.381 e. The summed E-state index contributed by atoms with van der Waals surface area (Å²) in [6.45, 7) is 2.93. The third-order valence-corrected chi connectivity index (χ3v) is 2.59. The zero-order valence-electron chi connectivity index (χ0n) is 9.58. The van der Waals surface area contributed by atoms with E-state index in [2.05, 4.69) is 24.4 Å². The normalized spacial score (nSPS) is 12.4. The molecule has 84 valence electrons. The van der Waals surface area contributed by atoms with E-state index >= 15 is 0 Å². The van der Waals surface area contributed by atoms with Crippen molar-refractivity contribution in [2.75, 3.05) is 11.9 Å². The molecule has 1 atom stereocenters. The van der Waals surface area contributed by atoms with Gasteiger partial charge in [0, 0.05) is 18.3 Å². The fourth-order valence-electron chi connectivity index (χ4n) is 1.66. The van der Waals surface area contributed by atoms with Crippen molar-refractivity contribution in [1.29, 1.82) is 0 Å². The molecule has 15 heavy (non-hydrogen) atoms. The second-order valence-electron chi connectivity index (χ2n) is 3.94. The first-order valence-corrected chi connectivity index (χ1v) is 5.88. The topological polar surface area (TPSA) is 38.0 Å². The average molecular weight is 206 g/mol. The Kier molecular flexibility index (Phi) is 5.86. The third-order valence-electron chi connectivity index (χ3n) is 2.59. The number of anilines is 1. The summed E-state index contributed by atoms with van der Waals surface area (Å²) in [5, 5.41) is 3.46. The van der Waals surface area contributed by atoms with Crippen LogP contribution in [0.1, 0.15) is 32.6 Å². The van der Waals surface area contributed by atoms with Gasteiger partial charge in [-0.15, -0.1) is 0 Å². The van der Waals surface area contributed by atoms with Gasteiger partial charge in [0.25, 0.3) is 0 Å². The zero-order valence-corrected chi connectivity index (χ0v) is 9.58. The summed E-state index contributed by atoms with van der Waals surface area (Å²) >= 11 is 0. The van der Waals surface area contributed by atoms with Gasteiger partial charge in [-0.3, -0.25) is 0 Å². The van der Waals surface area contributed by atoms with Gasteiger partial charge < -0.3 is 11.1 Å². The quantitative estimate of drug-likeness (QED) is 0.673. The van der Waals surface area contributed by atoms with Gasteiger partial charge in [0.15, 0.2) is 0 Å². The Labute approximate surface area is 92.9 Å². The van der Waals surface area contributed by atoms with Crippen LogP contribution in [0.15, 0.2) is 30.3 Å². The lowest BCUT2D eigenvalue weighted by Crippen LogP contribution is -2.28. The van der Waals surface area contributed by atoms with Crippen LogP contribution in [0.25, 0.3) is 0 Å². The molecule has 0 heterocycles. The highest BCUT2D eigenvalue weighted by Gasteiger charge is 2.04. The van der Waals surface area contributed by atoms with Crippen LogP contribution in [-0.4, -0.2) is 12.6 Å². The van der Waals surface area contributed by atoms with E-state index in [4.69, 9.17) is 5.73 Å². The van der Waals surface area contributed by atoms with Crippen LogP contribution in [0.4, 0.5) is 5.69 Å². The minimum absolute atomic E-state index is 0.416. The molecule has 1 unspecified atom stereocenters. The highest BCUT2D eigenvalue weighted by Crippen LogP contribution is 2.10. The Morgan fingerprint density at radius 2 is 1.93 bits per heavy atom. The Hall–Kier alpha value is -1.02. The summed E-state index contributed by atoms with van der Waals surface area (Å²) < 4.78 is 0. The standard InChI is InChI=1S/C13H22N2/c1-2-3-5-10-13(11-14)15-12-8-6-4-7-9-12/h4,6-9,13,15H,2-3,5,10-11,14H2,1H3. The van der Waals surface area contributed by atoms with Crippen molar-refractivity contribution in [1.82, 2.24) is 0 Å². The van der Waals surface area contributed by atoms with Gasteiger partial charge >= 0.3 is 0 Å². The minimum Gasteiger partial charge on any atom is -0.381 e. The number of unbranched alkanes of at least 4 members (excludes halogenated alkanes) is 2. The van der Waals surface area contributed by atoms with Crippen molar-refractivity contribution in [2.24, 2.45) is 5.73 Å². The van der Waals surface area contributed by atoms with E-state index in [9.17, 15) is 0 Å². The van der Waals surface area contributed by atoms with Crippen LogP contribution in [0.3, 0.4) is 0 Å². The molecule has 0 bridgehead atoms. The van der Waals surface area contributed by atoms with E-state index < -0.39 is 0 Å². The molecule has 0 amide bonds. The summed E-state index contributed by atoms with van der Waals surface area (Å²) in [6.07, 6.45) is 4.99. The summed E-state index contributed by atoms with van der Waals surface area (Å²) in [6, 6.07) is 10.7. The number of nitrogens with two attached hydrogens (primary N) is 1. The Morgan fingerprint density at radius 3 is 2.53 bits per heavy atom. The SMILES string of the molecule is CCCCCC(CN)Nc1ccccc1. The summed E-state index contributed by atoms with van der Waals surface area (Å²) in [5.74, 6) is 0. The molecule has 0 aliphatic carbocycles. The molecule has 3 N–H and O–H groups in total. The van der Waals surface area contributed by atoms with Crippen molar-refractivity contribution in [3.05, 3.63) is 30.3 Å². The number of benzene rings is 1. The maximum Gasteiger partial charge on any atom is 0.0383 e. The number of hydrogen-bond acceptors (Lipinski definition) is 2. The van der Waals surface area contributed by atoms with Gasteiger partial charge in [0.2, 0.25) is 0 Å². The number of rotatable bonds is 7. The van der Waals surface area contributed by atoms with Gasteiger partial charge in [-0.05, 0) is 18.6 Å². The second-order valence-corrected chi connectivity index (χ2v) is 3.94. The van der Waals surface area contributed by atoms with Crippen molar-refractivity contribution >= 4 is 5.69 Å². The molecule has 0 saturated heterocycles. The maximum absolute atomic E-state index is 5.74. The summed E-state index contributed by atoms with van der Waals surface area (Å²) in [4.78, 5) is 0. The Morgan fingerprint density at radius 1 is 1.20 bits per heavy atom. The van der Waals surface area contributed by atoms with E-state index in [0.29, 0.717) is 12.6 Å². The molecule has 1 aromatic carbocycles.